The summed E-state index contributed by atoms with van der Waals surface area (Å²) in [5.41, 5.74) is 1.76. The Kier molecular flexibility index (Phi) is 8.11. The van der Waals surface area contributed by atoms with Crippen LogP contribution in [0.2, 0.25) is 0 Å². The van der Waals surface area contributed by atoms with Crippen molar-refractivity contribution in [3.8, 4) is 0 Å². The Balaban J connectivity index is 2.32. The number of rotatable bonds is 8. The Bertz CT molecular complexity index is 589. The zero-order valence-corrected chi connectivity index (χ0v) is 15.6. The maximum Gasteiger partial charge on any atom is 0.251 e. The van der Waals surface area contributed by atoms with Crippen LogP contribution in [0.4, 0.5) is 0 Å². The standard InChI is InChI=1S/C19H29N3O3/c1-5-11-20-17(24)13-22-16(23)10-12-21-18(25)14-6-8-15(9-7-14)19(2,3)4/h6-9H,5,10-13H2,1-4H3,(H,20,24)(H,21,25)(H,22,23). The molecular weight excluding hydrogens is 318 g/mol. The summed E-state index contributed by atoms with van der Waals surface area (Å²) in [4.78, 5) is 35.1. The van der Waals surface area contributed by atoms with Crippen molar-refractivity contribution < 1.29 is 14.4 Å². The molecule has 0 heterocycles. The molecule has 0 unspecified atom stereocenters. The van der Waals surface area contributed by atoms with Crippen LogP contribution in [0.15, 0.2) is 24.3 Å². The molecule has 1 aromatic carbocycles. The zero-order valence-electron chi connectivity index (χ0n) is 15.6. The van der Waals surface area contributed by atoms with E-state index in [1.807, 2.05) is 19.1 Å². The lowest BCUT2D eigenvalue weighted by Crippen LogP contribution is -2.38. The molecular formula is C19H29N3O3. The Labute approximate surface area is 149 Å². The summed E-state index contributed by atoms with van der Waals surface area (Å²) < 4.78 is 0. The van der Waals surface area contributed by atoms with E-state index in [1.165, 1.54) is 0 Å². The summed E-state index contributed by atoms with van der Waals surface area (Å²) in [6.45, 7) is 9.08. The first-order valence-corrected chi connectivity index (χ1v) is 8.66. The topological polar surface area (TPSA) is 87.3 Å². The predicted molar refractivity (Wildman–Crippen MR) is 98.4 cm³/mol. The molecule has 0 aliphatic rings. The van der Waals surface area contributed by atoms with Crippen molar-refractivity contribution in [2.24, 2.45) is 0 Å². The third kappa shape index (κ3) is 7.83. The van der Waals surface area contributed by atoms with E-state index in [0.29, 0.717) is 12.1 Å². The molecule has 0 atom stereocenters. The smallest absolute Gasteiger partial charge is 0.251 e. The monoisotopic (exact) mass is 347 g/mol. The van der Waals surface area contributed by atoms with E-state index in [9.17, 15) is 14.4 Å². The number of amides is 3. The Hall–Kier alpha value is -2.37. The maximum atomic E-state index is 12.1. The van der Waals surface area contributed by atoms with Crippen LogP contribution < -0.4 is 16.0 Å². The van der Waals surface area contributed by atoms with E-state index in [0.717, 1.165) is 12.0 Å². The van der Waals surface area contributed by atoms with Crippen LogP contribution in [0.3, 0.4) is 0 Å². The minimum Gasteiger partial charge on any atom is -0.355 e. The average Bonchev–Trinajstić information content (AvgIpc) is 2.57. The van der Waals surface area contributed by atoms with Gasteiger partial charge >= 0.3 is 0 Å². The molecule has 0 spiro atoms. The molecule has 1 rings (SSSR count). The zero-order chi connectivity index (χ0) is 18.9. The van der Waals surface area contributed by atoms with Crippen LogP contribution >= 0.6 is 0 Å². The van der Waals surface area contributed by atoms with Gasteiger partial charge < -0.3 is 16.0 Å². The molecule has 6 nitrogen and oxygen atoms in total. The highest BCUT2D eigenvalue weighted by Crippen LogP contribution is 2.22. The van der Waals surface area contributed by atoms with Crippen LogP contribution in [0.1, 0.15) is 56.5 Å². The minimum absolute atomic E-state index is 0.0382. The fraction of sp³-hybridized carbons (Fsp3) is 0.526. The highest BCUT2D eigenvalue weighted by Gasteiger charge is 2.14. The summed E-state index contributed by atoms with van der Waals surface area (Å²) >= 11 is 0. The quantitative estimate of drug-likeness (QED) is 0.669. The second kappa shape index (κ2) is 9.81. The first-order valence-electron chi connectivity index (χ1n) is 8.66. The van der Waals surface area contributed by atoms with Crippen molar-refractivity contribution in [2.45, 2.75) is 46.0 Å². The van der Waals surface area contributed by atoms with Gasteiger partial charge in [-0.25, -0.2) is 0 Å². The van der Waals surface area contributed by atoms with Gasteiger partial charge in [0, 0.05) is 25.1 Å². The van der Waals surface area contributed by atoms with Gasteiger partial charge in [0.25, 0.3) is 5.91 Å². The minimum atomic E-state index is -0.268. The lowest BCUT2D eigenvalue weighted by Gasteiger charge is -2.19. The molecule has 0 saturated carbocycles. The summed E-state index contributed by atoms with van der Waals surface area (Å²) in [5.74, 6) is -0.692. The Morgan fingerprint density at radius 2 is 1.52 bits per heavy atom. The molecule has 0 bridgehead atoms. The van der Waals surface area contributed by atoms with Crippen LogP contribution in [0.25, 0.3) is 0 Å². The van der Waals surface area contributed by atoms with Crippen LogP contribution in [0, 0.1) is 0 Å². The summed E-state index contributed by atoms with van der Waals surface area (Å²) in [5, 5.41) is 7.91. The summed E-state index contributed by atoms with van der Waals surface area (Å²) in [7, 11) is 0. The largest absolute Gasteiger partial charge is 0.355 e. The Morgan fingerprint density at radius 1 is 0.880 bits per heavy atom. The number of nitrogens with one attached hydrogen (secondary N) is 3. The normalized spacial score (nSPS) is 10.9. The van der Waals surface area contributed by atoms with E-state index < -0.39 is 0 Å². The SMILES string of the molecule is CCCNC(=O)CNC(=O)CCNC(=O)c1ccc(C(C)(C)C)cc1. The van der Waals surface area contributed by atoms with Crippen molar-refractivity contribution in [3.63, 3.8) is 0 Å². The van der Waals surface area contributed by atoms with Gasteiger partial charge in [0.15, 0.2) is 0 Å². The lowest BCUT2D eigenvalue weighted by molar-refractivity contribution is -0.126. The van der Waals surface area contributed by atoms with Gasteiger partial charge in [0.1, 0.15) is 0 Å². The van der Waals surface area contributed by atoms with E-state index in [1.54, 1.807) is 12.1 Å². The highest BCUT2D eigenvalue weighted by atomic mass is 16.2. The van der Waals surface area contributed by atoms with Crippen molar-refractivity contribution in [2.75, 3.05) is 19.6 Å². The van der Waals surface area contributed by atoms with Gasteiger partial charge in [-0.2, -0.15) is 0 Å². The van der Waals surface area contributed by atoms with E-state index >= 15 is 0 Å². The summed E-state index contributed by atoms with van der Waals surface area (Å²) in [6.07, 6.45) is 0.981. The third-order valence-corrected chi connectivity index (χ3v) is 3.67. The van der Waals surface area contributed by atoms with E-state index in [2.05, 4.69) is 36.7 Å². The van der Waals surface area contributed by atoms with Gasteiger partial charge in [0.2, 0.25) is 11.8 Å². The number of carbonyl (C=O) groups excluding carboxylic acids is 3. The van der Waals surface area contributed by atoms with Crippen LogP contribution in [-0.4, -0.2) is 37.4 Å². The second-order valence-corrected chi connectivity index (χ2v) is 6.96. The van der Waals surface area contributed by atoms with Gasteiger partial charge in [-0.1, -0.05) is 39.8 Å². The highest BCUT2D eigenvalue weighted by molar-refractivity contribution is 5.94. The number of hydrogen-bond acceptors (Lipinski definition) is 3. The molecule has 0 saturated heterocycles. The van der Waals surface area contributed by atoms with Crippen LogP contribution in [0.5, 0.6) is 0 Å². The van der Waals surface area contributed by atoms with Gasteiger partial charge in [-0.3, -0.25) is 14.4 Å². The summed E-state index contributed by atoms with van der Waals surface area (Å²) in [6, 6.07) is 7.45. The van der Waals surface area contributed by atoms with Crippen molar-refractivity contribution in [1.82, 2.24) is 16.0 Å². The molecule has 0 aromatic heterocycles. The average molecular weight is 347 g/mol. The van der Waals surface area contributed by atoms with Gasteiger partial charge in [-0.15, -0.1) is 0 Å². The first kappa shape index (κ1) is 20.7. The first-order chi connectivity index (χ1) is 11.7. The van der Waals surface area contributed by atoms with Crippen molar-refractivity contribution >= 4 is 17.7 Å². The van der Waals surface area contributed by atoms with Crippen molar-refractivity contribution in [1.29, 1.82) is 0 Å². The molecule has 0 fully saturated rings. The van der Waals surface area contributed by atoms with Gasteiger partial charge in [-0.05, 0) is 29.5 Å². The molecule has 3 amide bonds. The van der Waals surface area contributed by atoms with Crippen molar-refractivity contribution in [3.05, 3.63) is 35.4 Å². The fourth-order valence-corrected chi connectivity index (χ4v) is 2.11. The molecule has 3 N–H and O–H groups in total. The molecule has 1 aromatic rings. The van der Waals surface area contributed by atoms with Crippen LogP contribution in [-0.2, 0) is 15.0 Å². The molecule has 6 heteroatoms. The Morgan fingerprint density at radius 3 is 2.08 bits per heavy atom. The van der Waals surface area contributed by atoms with Gasteiger partial charge in [0.05, 0.1) is 6.54 Å². The molecule has 0 radical (unpaired) electrons. The fourth-order valence-electron chi connectivity index (χ4n) is 2.11. The maximum absolute atomic E-state index is 12.1. The molecule has 138 valence electrons. The number of hydrogen-bond donors (Lipinski definition) is 3. The lowest BCUT2D eigenvalue weighted by atomic mass is 9.87. The number of benzene rings is 1. The third-order valence-electron chi connectivity index (χ3n) is 3.67. The van der Waals surface area contributed by atoms with E-state index in [-0.39, 0.29) is 42.6 Å². The molecule has 0 aliphatic heterocycles. The second-order valence-electron chi connectivity index (χ2n) is 6.96. The number of carbonyl (C=O) groups is 3. The molecule has 25 heavy (non-hydrogen) atoms. The predicted octanol–water partition coefficient (Wildman–Crippen LogP) is 1.75. The van der Waals surface area contributed by atoms with E-state index in [4.69, 9.17) is 0 Å². The molecule has 0 aliphatic carbocycles.